The van der Waals surface area contributed by atoms with Gasteiger partial charge in [-0.15, -0.1) is 0 Å². The first kappa shape index (κ1) is 16.8. The number of rotatable bonds is 1. The monoisotopic (exact) mass is 318 g/mol. The summed E-state index contributed by atoms with van der Waals surface area (Å²) in [7, 11) is 0. The minimum absolute atomic E-state index is 0.0267. The number of hydrogen-bond donors (Lipinski definition) is 3. The van der Waals surface area contributed by atoms with E-state index >= 15 is 0 Å². The van der Waals surface area contributed by atoms with E-state index in [-0.39, 0.29) is 23.0 Å². The number of phenolic OH excluding ortho intramolecular Hbond substituents is 1. The normalized spacial score (nSPS) is 33.0. The van der Waals surface area contributed by atoms with Crippen LogP contribution in [0.5, 0.6) is 5.75 Å². The van der Waals surface area contributed by atoms with Gasteiger partial charge in [0, 0.05) is 0 Å². The molecule has 0 amide bonds. The highest BCUT2D eigenvalue weighted by Crippen LogP contribution is 2.55. The summed E-state index contributed by atoms with van der Waals surface area (Å²) < 4.78 is 0. The number of aryl methyl sites for hydroxylation is 1. The summed E-state index contributed by atoms with van der Waals surface area (Å²) in [5.41, 5.74) is 1.66. The van der Waals surface area contributed by atoms with Crippen LogP contribution < -0.4 is 0 Å². The fourth-order valence-corrected chi connectivity index (χ4v) is 4.99. The Bertz CT molecular complexity index is 605. The van der Waals surface area contributed by atoms with Crippen molar-refractivity contribution in [1.82, 2.24) is 0 Å². The van der Waals surface area contributed by atoms with Gasteiger partial charge in [0.15, 0.2) is 0 Å². The van der Waals surface area contributed by atoms with Gasteiger partial charge >= 0.3 is 0 Å². The fourth-order valence-electron chi connectivity index (χ4n) is 4.99. The van der Waals surface area contributed by atoms with Crippen molar-refractivity contribution in [3.8, 4) is 5.75 Å². The molecule has 2 aliphatic carbocycles. The van der Waals surface area contributed by atoms with Crippen LogP contribution in [-0.2, 0) is 6.42 Å². The Morgan fingerprint density at radius 1 is 1.17 bits per heavy atom. The number of fused-ring (bicyclic) bond motifs is 2. The molecular weight excluding hydrogens is 288 g/mol. The van der Waals surface area contributed by atoms with Crippen LogP contribution >= 0.6 is 0 Å². The first-order valence-electron chi connectivity index (χ1n) is 8.93. The maximum Gasteiger partial charge on any atom is 0.119 e. The second kappa shape index (κ2) is 5.49. The molecule has 0 unspecified atom stereocenters. The van der Waals surface area contributed by atoms with Gasteiger partial charge in [-0.05, 0) is 72.1 Å². The van der Waals surface area contributed by atoms with Gasteiger partial charge in [-0.3, -0.25) is 0 Å². The quantitative estimate of drug-likeness (QED) is 0.732. The number of aromatic hydroxyl groups is 1. The van der Waals surface area contributed by atoms with Crippen molar-refractivity contribution >= 4 is 0 Å². The highest BCUT2D eigenvalue weighted by atomic mass is 16.3. The molecule has 0 aliphatic heterocycles. The first-order valence-corrected chi connectivity index (χ1v) is 8.93. The molecule has 0 bridgehead atoms. The van der Waals surface area contributed by atoms with Gasteiger partial charge in [-0.2, -0.15) is 0 Å². The van der Waals surface area contributed by atoms with Crippen molar-refractivity contribution in [2.24, 2.45) is 11.3 Å². The van der Waals surface area contributed by atoms with E-state index < -0.39 is 11.7 Å². The van der Waals surface area contributed by atoms with Crippen molar-refractivity contribution in [2.45, 2.75) is 77.4 Å². The molecule has 3 nitrogen and oxygen atoms in total. The Morgan fingerprint density at radius 3 is 2.52 bits per heavy atom. The predicted octanol–water partition coefficient (Wildman–Crippen LogP) is 4.05. The minimum atomic E-state index is -1.08. The van der Waals surface area contributed by atoms with Gasteiger partial charge in [-0.25, -0.2) is 0 Å². The molecular formula is C20H30O3. The van der Waals surface area contributed by atoms with Crippen LogP contribution in [0.1, 0.15) is 82.1 Å². The average molecular weight is 318 g/mol. The molecule has 1 aromatic rings. The standard InChI is InChI=1S/C20H30O3/c1-12(2)14-10-13-6-7-17-19(3,4)8-5-9-20(17,23)18(22)15(13)11-16(14)21/h10-12,17-18,21-23H,5-9H2,1-4H3/t17-,18-,20+/m0/s1. The molecule has 3 rings (SSSR count). The Hall–Kier alpha value is -1.06. The van der Waals surface area contributed by atoms with Crippen LogP contribution in [-0.4, -0.2) is 20.9 Å². The largest absolute Gasteiger partial charge is 0.508 e. The molecule has 1 saturated carbocycles. The molecule has 128 valence electrons. The zero-order valence-corrected chi connectivity index (χ0v) is 14.8. The predicted molar refractivity (Wildman–Crippen MR) is 91.5 cm³/mol. The minimum Gasteiger partial charge on any atom is -0.508 e. The molecule has 0 radical (unpaired) electrons. The van der Waals surface area contributed by atoms with Gasteiger partial charge in [0.25, 0.3) is 0 Å². The van der Waals surface area contributed by atoms with Gasteiger partial charge in [-0.1, -0.05) is 33.8 Å². The summed E-state index contributed by atoms with van der Waals surface area (Å²) in [6.45, 7) is 8.54. The van der Waals surface area contributed by atoms with E-state index in [4.69, 9.17) is 0 Å². The van der Waals surface area contributed by atoms with Crippen LogP contribution in [0, 0.1) is 11.3 Å². The van der Waals surface area contributed by atoms with Crippen molar-refractivity contribution in [3.63, 3.8) is 0 Å². The van der Waals surface area contributed by atoms with Crippen LogP contribution in [0.15, 0.2) is 12.1 Å². The Kier molecular flexibility index (Phi) is 4.01. The number of aliphatic hydroxyl groups excluding tert-OH is 1. The molecule has 3 atom stereocenters. The molecule has 0 spiro atoms. The van der Waals surface area contributed by atoms with E-state index in [0.717, 1.165) is 42.4 Å². The Morgan fingerprint density at radius 2 is 1.87 bits per heavy atom. The smallest absolute Gasteiger partial charge is 0.119 e. The second-order valence-electron chi connectivity index (χ2n) is 8.59. The lowest BCUT2D eigenvalue weighted by Gasteiger charge is -2.50. The first-order chi connectivity index (χ1) is 10.7. The molecule has 0 heterocycles. The summed E-state index contributed by atoms with van der Waals surface area (Å²) in [5, 5.41) is 32.7. The summed E-state index contributed by atoms with van der Waals surface area (Å²) in [6, 6.07) is 3.73. The third-order valence-electron chi connectivity index (χ3n) is 6.33. The number of hydrogen-bond acceptors (Lipinski definition) is 3. The molecule has 0 aromatic heterocycles. The highest BCUT2D eigenvalue weighted by molar-refractivity contribution is 5.46. The molecule has 0 saturated heterocycles. The van der Waals surface area contributed by atoms with Crippen molar-refractivity contribution in [1.29, 1.82) is 0 Å². The maximum absolute atomic E-state index is 11.4. The Labute approximate surface area is 139 Å². The van der Waals surface area contributed by atoms with E-state index in [0.29, 0.717) is 6.42 Å². The van der Waals surface area contributed by atoms with E-state index in [9.17, 15) is 15.3 Å². The highest BCUT2D eigenvalue weighted by Gasteiger charge is 2.53. The van der Waals surface area contributed by atoms with Crippen LogP contribution in [0.2, 0.25) is 0 Å². The zero-order chi connectivity index (χ0) is 17.0. The molecule has 1 fully saturated rings. The van der Waals surface area contributed by atoms with Crippen LogP contribution in [0.25, 0.3) is 0 Å². The fraction of sp³-hybridized carbons (Fsp3) is 0.700. The summed E-state index contributed by atoms with van der Waals surface area (Å²) in [4.78, 5) is 0. The maximum atomic E-state index is 11.4. The van der Waals surface area contributed by atoms with E-state index in [2.05, 4.69) is 27.7 Å². The van der Waals surface area contributed by atoms with Crippen molar-refractivity contribution < 1.29 is 15.3 Å². The van der Waals surface area contributed by atoms with Crippen molar-refractivity contribution in [2.75, 3.05) is 0 Å². The topological polar surface area (TPSA) is 60.7 Å². The lowest BCUT2D eigenvalue weighted by molar-refractivity contribution is -0.169. The lowest BCUT2D eigenvalue weighted by Crippen LogP contribution is -2.52. The lowest BCUT2D eigenvalue weighted by atomic mass is 9.58. The van der Waals surface area contributed by atoms with Crippen LogP contribution in [0.4, 0.5) is 0 Å². The molecule has 2 aliphatic rings. The van der Waals surface area contributed by atoms with E-state index in [1.54, 1.807) is 6.07 Å². The van der Waals surface area contributed by atoms with Crippen LogP contribution in [0.3, 0.4) is 0 Å². The molecule has 3 heteroatoms. The average Bonchev–Trinajstić information content (AvgIpc) is 2.55. The van der Waals surface area contributed by atoms with Gasteiger partial charge in [0.05, 0.1) is 5.60 Å². The van der Waals surface area contributed by atoms with E-state index in [1.807, 2.05) is 6.07 Å². The number of phenols is 1. The Balaban J connectivity index is 2.10. The number of aliphatic hydroxyl groups is 2. The molecule has 23 heavy (non-hydrogen) atoms. The zero-order valence-electron chi connectivity index (χ0n) is 14.8. The second-order valence-corrected chi connectivity index (χ2v) is 8.59. The molecule has 1 aromatic carbocycles. The summed E-state index contributed by atoms with van der Waals surface area (Å²) >= 11 is 0. The summed E-state index contributed by atoms with van der Waals surface area (Å²) in [6.07, 6.45) is 3.47. The van der Waals surface area contributed by atoms with Crippen molar-refractivity contribution in [3.05, 3.63) is 28.8 Å². The third-order valence-corrected chi connectivity index (χ3v) is 6.33. The number of benzene rings is 1. The summed E-state index contributed by atoms with van der Waals surface area (Å²) in [5.74, 6) is 0.549. The SMILES string of the molecule is CC(C)c1cc2c(cc1O)[C@H](O)[C@@]1(O)CCCC(C)(C)[C@@H]1CC2. The van der Waals surface area contributed by atoms with Gasteiger partial charge in [0.1, 0.15) is 11.9 Å². The van der Waals surface area contributed by atoms with Gasteiger partial charge < -0.3 is 15.3 Å². The van der Waals surface area contributed by atoms with E-state index in [1.165, 1.54) is 0 Å². The third kappa shape index (κ3) is 2.58. The molecule has 3 N–H and O–H groups in total. The van der Waals surface area contributed by atoms with Gasteiger partial charge in [0.2, 0.25) is 0 Å².